The zero-order valence-corrected chi connectivity index (χ0v) is 16.3. The first-order valence-corrected chi connectivity index (χ1v) is 10.3. The van der Waals surface area contributed by atoms with Gasteiger partial charge in [0.25, 0.3) is 0 Å². The second-order valence-corrected chi connectivity index (χ2v) is 9.88. The van der Waals surface area contributed by atoms with E-state index in [1.165, 1.54) is 6.42 Å². The Morgan fingerprint density at radius 3 is 2.41 bits per heavy atom. The number of benzene rings is 1. The first-order valence-electron chi connectivity index (χ1n) is 9.91. The van der Waals surface area contributed by atoms with Crippen LogP contribution in [-0.4, -0.2) is 29.4 Å². The number of hydrogen-bond donors (Lipinski definition) is 3. The third kappa shape index (κ3) is 4.08. The molecule has 146 valence electrons. The predicted molar refractivity (Wildman–Crippen MR) is 105 cm³/mol. The van der Waals surface area contributed by atoms with E-state index in [0.29, 0.717) is 24.8 Å². The van der Waals surface area contributed by atoms with E-state index in [-0.39, 0.29) is 16.2 Å². The Bertz CT molecular complexity index is 709. The summed E-state index contributed by atoms with van der Waals surface area (Å²) in [6, 6.07) is 8.31. The standard InChI is InChI=1S/C21H28ClN3O2/c22-21-10-15-6-16(11-21)9-20(8-15,12-21)13-24-18(26)17(25-19(23)27)7-14-4-2-1-3-5-14/h1-5,15-17H,6-13H2,(H,24,26)(H3,23,25,27)/t15-,16-,17+,20?,21?/m1/s1. The van der Waals surface area contributed by atoms with Crippen LogP contribution in [0.25, 0.3) is 0 Å². The van der Waals surface area contributed by atoms with E-state index in [9.17, 15) is 9.59 Å². The maximum atomic E-state index is 12.8. The van der Waals surface area contributed by atoms with Crippen molar-refractivity contribution in [3.8, 4) is 0 Å². The maximum Gasteiger partial charge on any atom is 0.312 e. The molecule has 1 aromatic rings. The Morgan fingerprint density at radius 1 is 1.15 bits per heavy atom. The summed E-state index contributed by atoms with van der Waals surface area (Å²) in [6.45, 7) is 0.638. The average Bonchev–Trinajstić information content (AvgIpc) is 2.57. The van der Waals surface area contributed by atoms with Crippen molar-refractivity contribution < 1.29 is 9.59 Å². The van der Waals surface area contributed by atoms with E-state index in [2.05, 4.69) is 10.6 Å². The number of hydrogen-bond acceptors (Lipinski definition) is 2. The molecule has 0 heterocycles. The molecule has 27 heavy (non-hydrogen) atoms. The quantitative estimate of drug-likeness (QED) is 0.653. The lowest BCUT2D eigenvalue weighted by Crippen LogP contribution is -2.58. The van der Waals surface area contributed by atoms with Gasteiger partial charge in [0.1, 0.15) is 6.04 Å². The van der Waals surface area contributed by atoms with Crippen molar-refractivity contribution in [2.45, 2.75) is 55.9 Å². The summed E-state index contributed by atoms with van der Waals surface area (Å²) in [4.78, 5) is 24.2. The van der Waals surface area contributed by atoms with E-state index < -0.39 is 12.1 Å². The van der Waals surface area contributed by atoms with Crippen molar-refractivity contribution >= 4 is 23.5 Å². The van der Waals surface area contributed by atoms with E-state index in [1.54, 1.807) is 0 Å². The Kier molecular flexibility index (Phi) is 4.83. The largest absolute Gasteiger partial charge is 0.354 e. The van der Waals surface area contributed by atoms with E-state index in [4.69, 9.17) is 17.3 Å². The highest BCUT2D eigenvalue weighted by atomic mass is 35.5. The molecule has 0 aliphatic heterocycles. The number of alkyl halides is 1. The van der Waals surface area contributed by atoms with E-state index in [1.807, 2.05) is 30.3 Å². The van der Waals surface area contributed by atoms with Gasteiger partial charge in [-0.25, -0.2) is 4.79 Å². The van der Waals surface area contributed by atoms with Gasteiger partial charge >= 0.3 is 6.03 Å². The van der Waals surface area contributed by atoms with Crippen LogP contribution in [-0.2, 0) is 11.2 Å². The minimum absolute atomic E-state index is 0.0657. The van der Waals surface area contributed by atoms with Crippen LogP contribution in [0, 0.1) is 17.3 Å². The summed E-state index contributed by atoms with van der Waals surface area (Å²) in [6.07, 6.45) is 7.27. The summed E-state index contributed by atoms with van der Waals surface area (Å²) < 4.78 is 0. The number of halogens is 1. The SMILES string of the molecule is NC(=O)N[C@@H](Cc1ccccc1)C(=O)NCC12C[C@H]3C[C@@H](CC(Cl)(C3)C1)C2. The number of nitrogens with two attached hydrogens (primary N) is 1. The van der Waals surface area contributed by atoms with Crippen molar-refractivity contribution in [2.75, 3.05) is 6.54 Å². The van der Waals surface area contributed by atoms with Gasteiger partial charge in [0.2, 0.25) is 5.91 Å². The monoisotopic (exact) mass is 389 g/mol. The normalized spacial score (nSPS) is 34.9. The van der Waals surface area contributed by atoms with Crippen LogP contribution >= 0.6 is 11.6 Å². The molecular weight excluding hydrogens is 362 g/mol. The molecule has 4 aliphatic rings. The predicted octanol–water partition coefficient (Wildman–Crippen LogP) is 2.96. The summed E-state index contributed by atoms with van der Waals surface area (Å²) in [5.41, 5.74) is 6.40. The summed E-state index contributed by atoms with van der Waals surface area (Å²) >= 11 is 6.89. The molecule has 1 aromatic carbocycles. The number of urea groups is 1. The second kappa shape index (κ2) is 7.01. The van der Waals surface area contributed by atoms with Gasteiger partial charge in [0, 0.05) is 17.8 Å². The molecule has 4 aliphatic carbocycles. The van der Waals surface area contributed by atoms with Crippen LogP contribution in [0.3, 0.4) is 0 Å². The lowest BCUT2D eigenvalue weighted by molar-refractivity contribution is -0.124. The van der Waals surface area contributed by atoms with Gasteiger partial charge in [0.05, 0.1) is 0 Å². The zero-order chi connectivity index (χ0) is 19.1. The molecule has 0 saturated heterocycles. The van der Waals surface area contributed by atoms with Crippen molar-refractivity contribution in [1.29, 1.82) is 0 Å². The van der Waals surface area contributed by atoms with Gasteiger partial charge in [-0.1, -0.05) is 30.3 Å². The minimum Gasteiger partial charge on any atom is -0.354 e. The summed E-state index contributed by atoms with van der Waals surface area (Å²) in [5, 5.41) is 5.71. The molecule has 0 radical (unpaired) electrons. The molecule has 3 amide bonds. The summed E-state index contributed by atoms with van der Waals surface area (Å²) in [5.74, 6) is 1.23. The minimum atomic E-state index is -0.680. The molecule has 5 rings (SSSR count). The molecule has 6 heteroatoms. The smallest absolute Gasteiger partial charge is 0.312 e. The van der Waals surface area contributed by atoms with E-state index >= 15 is 0 Å². The molecular formula is C21H28ClN3O2. The van der Waals surface area contributed by atoms with Gasteiger partial charge in [-0.05, 0) is 61.3 Å². The molecule has 4 fully saturated rings. The number of carbonyl (C=O) groups is 2. The van der Waals surface area contributed by atoms with Crippen molar-refractivity contribution in [3.05, 3.63) is 35.9 Å². The highest BCUT2D eigenvalue weighted by Crippen LogP contribution is 2.63. The Morgan fingerprint density at radius 2 is 1.81 bits per heavy atom. The number of primary amides is 1. The number of carbonyl (C=O) groups excluding carboxylic acids is 2. The Hall–Kier alpha value is -1.75. The lowest BCUT2D eigenvalue weighted by atomic mass is 9.49. The molecule has 4 N–H and O–H groups in total. The Labute approximate surface area is 165 Å². The van der Waals surface area contributed by atoms with Crippen LogP contribution in [0.15, 0.2) is 30.3 Å². The number of nitrogens with one attached hydrogen (secondary N) is 2. The molecule has 0 aromatic heterocycles. The van der Waals surface area contributed by atoms with Crippen LogP contribution < -0.4 is 16.4 Å². The molecule has 4 saturated carbocycles. The second-order valence-electron chi connectivity index (χ2n) is 9.08. The van der Waals surface area contributed by atoms with Crippen LogP contribution in [0.2, 0.25) is 0 Å². The van der Waals surface area contributed by atoms with Crippen LogP contribution in [0.4, 0.5) is 4.79 Å². The zero-order valence-electron chi connectivity index (χ0n) is 15.5. The van der Waals surface area contributed by atoms with Gasteiger partial charge < -0.3 is 16.4 Å². The molecule has 0 spiro atoms. The summed E-state index contributed by atoms with van der Waals surface area (Å²) in [7, 11) is 0. The van der Waals surface area contributed by atoms with Gasteiger partial charge in [-0.2, -0.15) is 0 Å². The Balaban J connectivity index is 1.41. The number of rotatable bonds is 6. The molecule has 3 atom stereocenters. The fourth-order valence-electron chi connectivity index (χ4n) is 6.17. The molecule has 0 unspecified atom stereocenters. The molecule has 5 nitrogen and oxygen atoms in total. The maximum absolute atomic E-state index is 12.8. The fourth-order valence-corrected chi connectivity index (χ4v) is 6.89. The highest BCUT2D eigenvalue weighted by Gasteiger charge is 2.57. The van der Waals surface area contributed by atoms with Crippen LogP contribution in [0.1, 0.15) is 44.1 Å². The van der Waals surface area contributed by atoms with Gasteiger partial charge in [-0.3, -0.25) is 4.79 Å². The highest BCUT2D eigenvalue weighted by molar-refractivity contribution is 6.24. The third-order valence-corrected chi connectivity index (χ3v) is 7.11. The van der Waals surface area contributed by atoms with Crippen molar-refractivity contribution in [3.63, 3.8) is 0 Å². The third-order valence-electron chi connectivity index (χ3n) is 6.66. The fraction of sp³-hybridized carbons (Fsp3) is 0.619. The lowest BCUT2D eigenvalue weighted by Gasteiger charge is -2.60. The molecule has 4 bridgehead atoms. The van der Waals surface area contributed by atoms with E-state index in [0.717, 1.165) is 37.7 Å². The van der Waals surface area contributed by atoms with Gasteiger partial charge in [-0.15, -0.1) is 11.6 Å². The van der Waals surface area contributed by atoms with Gasteiger partial charge in [0.15, 0.2) is 0 Å². The first-order chi connectivity index (χ1) is 12.8. The van der Waals surface area contributed by atoms with Crippen molar-refractivity contribution in [1.82, 2.24) is 10.6 Å². The number of amides is 3. The van der Waals surface area contributed by atoms with Crippen LogP contribution in [0.5, 0.6) is 0 Å². The topological polar surface area (TPSA) is 84.2 Å². The van der Waals surface area contributed by atoms with Crippen molar-refractivity contribution in [2.24, 2.45) is 23.0 Å². The average molecular weight is 390 g/mol. The first kappa shape index (κ1) is 18.6.